The van der Waals surface area contributed by atoms with Gasteiger partial charge in [-0.25, -0.2) is 9.18 Å². The highest BCUT2D eigenvalue weighted by atomic mass is 19.1. The van der Waals surface area contributed by atoms with Crippen LogP contribution >= 0.6 is 0 Å². The van der Waals surface area contributed by atoms with Crippen LogP contribution in [0.3, 0.4) is 0 Å². The molecular weight excluding hydrogens is 239 g/mol. The van der Waals surface area contributed by atoms with Crippen LogP contribution in [0, 0.1) is 5.82 Å². The molecule has 0 aromatic heterocycles. The van der Waals surface area contributed by atoms with E-state index in [2.05, 4.69) is 10.1 Å². The SMILES string of the molecule is CCOC(=O)C(N)C(=O)NCc1cccc(F)c1. The lowest BCUT2D eigenvalue weighted by Crippen LogP contribution is -2.46. The first kappa shape index (κ1) is 14.1. The summed E-state index contributed by atoms with van der Waals surface area (Å²) in [5.74, 6) is -1.83. The van der Waals surface area contributed by atoms with E-state index in [-0.39, 0.29) is 13.2 Å². The molecule has 0 aliphatic carbocycles. The summed E-state index contributed by atoms with van der Waals surface area (Å²) in [6.45, 7) is 1.88. The van der Waals surface area contributed by atoms with Crippen LogP contribution in [-0.4, -0.2) is 24.5 Å². The highest BCUT2D eigenvalue weighted by Gasteiger charge is 2.22. The maximum absolute atomic E-state index is 12.9. The zero-order chi connectivity index (χ0) is 13.5. The number of hydrogen-bond acceptors (Lipinski definition) is 4. The number of halogens is 1. The van der Waals surface area contributed by atoms with Crippen LogP contribution in [0.4, 0.5) is 4.39 Å². The molecule has 1 unspecified atom stereocenters. The lowest BCUT2D eigenvalue weighted by atomic mass is 10.2. The molecular formula is C12H15FN2O3. The number of nitrogens with two attached hydrogens (primary N) is 1. The molecule has 0 aliphatic rings. The lowest BCUT2D eigenvalue weighted by molar-refractivity contribution is -0.148. The Hall–Kier alpha value is -1.95. The number of hydrogen-bond donors (Lipinski definition) is 2. The zero-order valence-electron chi connectivity index (χ0n) is 9.98. The Morgan fingerprint density at radius 3 is 2.83 bits per heavy atom. The van der Waals surface area contributed by atoms with E-state index < -0.39 is 23.7 Å². The molecule has 5 nitrogen and oxygen atoms in total. The van der Waals surface area contributed by atoms with Crippen LogP contribution in [0.25, 0.3) is 0 Å². The molecule has 0 aliphatic heterocycles. The van der Waals surface area contributed by atoms with Crippen molar-refractivity contribution in [2.75, 3.05) is 6.61 Å². The summed E-state index contributed by atoms with van der Waals surface area (Å²) in [6, 6.07) is 4.41. The predicted molar refractivity (Wildman–Crippen MR) is 62.9 cm³/mol. The highest BCUT2D eigenvalue weighted by molar-refractivity contribution is 6.01. The van der Waals surface area contributed by atoms with Crippen molar-refractivity contribution in [2.45, 2.75) is 19.5 Å². The number of amides is 1. The maximum atomic E-state index is 12.9. The molecule has 3 N–H and O–H groups in total. The molecule has 1 amide bonds. The third kappa shape index (κ3) is 4.14. The molecule has 0 fully saturated rings. The maximum Gasteiger partial charge on any atom is 0.332 e. The fourth-order valence-electron chi connectivity index (χ4n) is 1.29. The Morgan fingerprint density at radius 2 is 2.22 bits per heavy atom. The average Bonchev–Trinajstić information content (AvgIpc) is 2.35. The van der Waals surface area contributed by atoms with E-state index in [1.165, 1.54) is 18.2 Å². The van der Waals surface area contributed by atoms with Crippen molar-refractivity contribution in [1.82, 2.24) is 5.32 Å². The number of esters is 1. The summed E-state index contributed by atoms with van der Waals surface area (Å²) < 4.78 is 17.5. The van der Waals surface area contributed by atoms with E-state index >= 15 is 0 Å². The molecule has 0 heterocycles. The van der Waals surface area contributed by atoms with Crippen molar-refractivity contribution < 1.29 is 18.7 Å². The van der Waals surface area contributed by atoms with Gasteiger partial charge in [0, 0.05) is 6.54 Å². The fourth-order valence-corrected chi connectivity index (χ4v) is 1.29. The lowest BCUT2D eigenvalue weighted by Gasteiger charge is -2.11. The fraction of sp³-hybridized carbons (Fsp3) is 0.333. The summed E-state index contributed by atoms with van der Waals surface area (Å²) in [5, 5.41) is 2.43. The monoisotopic (exact) mass is 254 g/mol. The first-order chi connectivity index (χ1) is 8.54. The minimum atomic E-state index is -1.36. The molecule has 0 radical (unpaired) electrons. The molecule has 0 saturated carbocycles. The van der Waals surface area contributed by atoms with E-state index in [1.807, 2.05) is 0 Å². The van der Waals surface area contributed by atoms with Crippen molar-refractivity contribution in [3.05, 3.63) is 35.6 Å². The zero-order valence-corrected chi connectivity index (χ0v) is 9.98. The van der Waals surface area contributed by atoms with Gasteiger partial charge in [-0.1, -0.05) is 12.1 Å². The third-order valence-corrected chi connectivity index (χ3v) is 2.18. The normalized spacial score (nSPS) is 11.7. The standard InChI is InChI=1S/C12H15FN2O3/c1-2-18-12(17)10(14)11(16)15-7-8-4-3-5-9(13)6-8/h3-6,10H,2,7,14H2,1H3,(H,15,16). The molecule has 1 rings (SSSR count). The van der Waals surface area contributed by atoms with Crippen molar-refractivity contribution in [3.8, 4) is 0 Å². The van der Waals surface area contributed by atoms with Crippen LogP contribution in [0.15, 0.2) is 24.3 Å². The van der Waals surface area contributed by atoms with Crippen LogP contribution in [0.1, 0.15) is 12.5 Å². The van der Waals surface area contributed by atoms with Gasteiger partial charge in [0.1, 0.15) is 5.82 Å². The number of nitrogens with one attached hydrogen (secondary N) is 1. The number of ether oxygens (including phenoxy) is 1. The molecule has 0 spiro atoms. The summed E-state index contributed by atoms with van der Waals surface area (Å²) in [5.41, 5.74) is 5.96. The molecule has 6 heteroatoms. The Kier molecular flexibility index (Phi) is 5.26. The quantitative estimate of drug-likeness (QED) is 0.586. The minimum Gasteiger partial charge on any atom is -0.464 e. The molecule has 1 atom stereocenters. The van der Waals surface area contributed by atoms with Gasteiger partial charge in [0.25, 0.3) is 0 Å². The van der Waals surface area contributed by atoms with E-state index in [4.69, 9.17) is 5.73 Å². The molecule has 98 valence electrons. The second-order valence-corrected chi connectivity index (χ2v) is 3.58. The molecule has 1 aromatic carbocycles. The third-order valence-electron chi connectivity index (χ3n) is 2.18. The Labute approximate surface area is 104 Å². The predicted octanol–water partition coefficient (Wildman–Crippen LogP) is 0.332. The molecule has 0 bridgehead atoms. The van der Waals surface area contributed by atoms with Gasteiger partial charge in [-0.05, 0) is 24.6 Å². The van der Waals surface area contributed by atoms with Gasteiger partial charge >= 0.3 is 5.97 Å². The van der Waals surface area contributed by atoms with Gasteiger partial charge in [-0.2, -0.15) is 0 Å². The molecule has 1 aromatic rings. The Bertz CT molecular complexity index is 437. The van der Waals surface area contributed by atoms with Crippen LogP contribution in [0.5, 0.6) is 0 Å². The summed E-state index contributed by atoms with van der Waals surface area (Å²) >= 11 is 0. The number of rotatable bonds is 5. The van der Waals surface area contributed by atoms with Crippen LogP contribution in [0.2, 0.25) is 0 Å². The van der Waals surface area contributed by atoms with Gasteiger partial charge in [0.15, 0.2) is 6.04 Å². The average molecular weight is 254 g/mol. The van der Waals surface area contributed by atoms with Gasteiger partial charge in [0.2, 0.25) is 5.91 Å². The second kappa shape index (κ2) is 6.70. The van der Waals surface area contributed by atoms with Crippen molar-refractivity contribution >= 4 is 11.9 Å². The topological polar surface area (TPSA) is 81.4 Å². The number of carbonyl (C=O) groups is 2. The van der Waals surface area contributed by atoms with Crippen LogP contribution < -0.4 is 11.1 Å². The summed E-state index contributed by atoms with van der Waals surface area (Å²) in [6.07, 6.45) is 0. The largest absolute Gasteiger partial charge is 0.464 e. The summed E-state index contributed by atoms with van der Waals surface area (Å²) in [7, 11) is 0. The van der Waals surface area contributed by atoms with Gasteiger partial charge in [-0.15, -0.1) is 0 Å². The number of benzene rings is 1. The van der Waals surface area contributed by atoms with Gasteiger partial charge in [0.05, 0.1) is 6.61 Å². The van der Waals surface area contributed by atoms with E-state index in [1.54, 1.807) is 13.0 Å². The van der Waals surface area contributed by atoms with Crippen molar-refractivity contribution in [2.24, 2.45) is 5.73 Å². The second-order valence-electron chi connectivity index (χ2n) is 3.58. The molecule has 0 saturated heterocycles. The number of carbonyl (C=O) groups excluding carboxylic acids is 2. The van der Waals surface area contributed by atoms with Gasteiger partial charge in [-0.3, -0.25) is 4.79 Å². The van der Waals surface area contributed by atoms with E-state index in [0.717, 1.165) is 0 Å². The first-order valence-electron chi connectivity index (χ1n) is 5.49. The highest BCUT2D eigenvalue weighted by Crippen LogP contribution is 2.02. The first-order valence-corrected chi connectivity index (χ1v) is 5.49. The van der Waals surface area contributed by atoms with Crippen molar-refractivity contribution in [1.29, 1.82) is 0 Å². The Morgan fingerprint density at radius 1 is 1.50 bits per heavy atom. The summed E-state index contributed by atoms with van der Waals surface area (Å²) in [4.78, 5) is 22.7. The van der Waals surface area contributed by atoms with Gasteiger partial charge < -0.3 is 15.8 Å². The van der Waals surface area contributed by atoms with Crippen molar-refractivity contribution in [3.63, 3.8) is 0 Å². The minimum absolute atomic E-state index is 0.101. The van der Waals surface area contributed by atoms with Crippen LogP contribution in [-0.2, 0) is 20.9 Å². The smallest absolute Gasteiger partial charge is 0.332 e. The van der Waals surface area contributed by atoms with E-state index in [0.29, 0.717) is 5.56 Å². The Balaban J connectivity index is 2.48. The van der Waals surface area contributed by atoms with E-state index in [9.17, 15) is 14.0 Å². The molecule has 18 heavy (non-hydrogen) atoms.